The molecule has 0 spiro atoms. The van der Waals surface area contributed by atoms with Gasteiger partial charge in [-0.15, -0.1) is 0 Å². The topological polar surface area (TPSA) is 24.9 Å². The van der Waals surface area contributed by atoms with Gasteiger partial charge in [-0.3, -0.25) is 0 Å². The van der Waals surface area contributed by atoms with Crippen molar-refractivity contribution in [3.05, 3.63) is 29.6 Å². The van der Waals surface area contributed by atoms with E-state index in [2.05, 4.69) is 24.1 Å². The van der Waals surface area contributed by atoms with E-state index in [1.165, 1.54) is 6.07 Å². The number of alkyl halides is 3. The fraction of sp³-hybridized carbons (Fsp3) is 0.643. The van der Waals surface area contributed by atoms with Crippen LogP contribution in [-0.2, 0) is 12.6 Å². The summed E-state index contributed by atoms with van der Waals surface area (Å²) < 4.78 is 37.7. The Kier molecular flexibility index (Phi) is 6.28. The lowest BCUT2D eigenvalue weighted by molar-refractivity contribution is -0.141. The van der Waals surface area contributed by atoms with E-state index in [1.54, 1.807) is 6.07 Å². The van der Waals surface area contributed by atoms with Gasteiger partial charge in [0, 0.05) is 18.2 Å². The maximum absolute atomic E-state index is 12.6. The van der Waals surface area contributed by atoms with E-state index in [1.807, 2.05) is 0 Å². The third kappa shape index (κ3) is 5.59. The summed E-state index contributed by atoms with van der Waals surface area (Å²) in [5.41, 5.74) is -0.312. The largest absolute Gasteiger partial charge is 0.433 e. The first-order valence-corrected chi connectivity index (χ1v) is 6.73. The van der Waals surface area contributed by atoms with Gasteiger partial charge in [0.05, 0.1) is 0 Å². The number of nitrogens with zero attached hydrogens (tertiary/aromatic N) is 1. The zero-order valence-electron chi connectivity index (χ0n) is 11.4. The van der Waals surface area contributed by atoms with Crippen molar-refractivity contribution in [1.82, 2.24) is 10.3 Å². The Morgan fingerprint density at radius 1 is 1.21 bits per heavy atom. The van der Waals surface area contributed by atoms with Gasteiger partial charge in [-0.05, 0) is 31.5 Å². The lowest BCUT2D eigenvalue weighted by atomic mass is 10.1. The Hall–Kier alpha value is -1.10. The Morgan fingerprint density at radius 2 is 1.95 bits per heavy atom. The second-order valence-corrected chi connectivity index (χ2v) is 4.66. The van der Waals surface area contributed by atoms with Crippen LogP contribution < -0.4 is 5.32 Å². The maximum atomic E-state index is 12.6. The third-order valence-corrected chi connectivity index (χ3v) is 2.87. The summed E-state index contributed by atoms with van der Waals surface area (Å²) in [5, 5.41) is 3.36. The smallest absolute Gasteiger partial charge is 0.314 e. The Labute approximate surface area is 112 Å². The van der Waals surface area contributed by atoms with Crippen molar-refractivity contribution in [1.29, 1.82) is 0 Å². The molecule has 0 fully saturated rings. The lowest BCUT2D eigenvalue weighted by Gasteiger charge is -2.18. The minimum Gasteiger partial charge on any atom is -0.314 e. The molecule has 0 amide bonds. The van der Waals surface area contributed by atoms with E-state index in [0.29, 0.717) is 12.1 Å². The average Bonchev–Trinajstić information content (AvgIpc) is 2.35. The van der Waals surface area contributed by atoms with Gasteiger partial charge in [-0.1, -0.05) is 26.3 Å². The molecule has 19 heavy (non-hydrogen) atoms. The van der Waals surface area contributed by atoms with Crippen LogP contribution in [0.25, 0.3) is 0 Å². The van der Waals surface area contributed by atoms with Gasteiger partial charge in [-0.2, -0.15) is 13.2 Å². The summed E-state index contributed by atoms with van der Waals surface area (Å²) in [6, 6.07) is 4.29. The molecule has 1 atom stereocenters. The molecule has 0 aliphatic rings. The summed E-state index contributed by atoms with van der Waals surface area (Å²) >= 11 is 0. The summed E-state index contributed by atoms with van der Waals surface area (Å²) in [6.07, 6.45) is -0.876. The molecule has 2 nitrogen and oxygen atoms in total. The van der Waals surface area contributed by atoms with E-state index in [-0.39, 0.29) is 6.04 Å². The second kappa shape index (κ2) is 7.48. The SMILES string of the molecule is CCCNC(CCC)Cc1cccc(C(F)(F)F)n1. The normalized spacial score (nSPS) is 13.5. The fourth-order valence-electron chi connectivity index (χ4n) is 1.98. The van der Waals surface area contributed by atoms with Crippen LogP contribution in [0.3, 0.4) is 0 Å². The zero-order chi connectivity index (χ0) is 14.3. The highest BCUT2D eigenvalue weighted by molar-refractivity contribution is 5.14. The summed E-state index contributed by atoms with van der Waals surface area (Å²) in [5.74, 6) is 0. The van der Waals surface area contributed by atoms with Crippen molar-refractivity contribution in [2.24, 2.45) is 0 Å². The van der Waals surface area contributed by atoms with Crippen LogP contribution in [0.5, 0.6) is 0 Å². The monoisotopic (exact) mass is 274 g/mol. The van der Waals surface area contributed by atoms with Gasteiger partial charge >= 0.3 is 6.18 Å². The third-order valence-electron chi connectivity index (χ3n) is 2.87. The van der Waals surface area contributed by atoms with E-state index in [9.17, 15) is 13.2 Å². The average molecular weight is 274 g/mol. The van der Waals surface area contributed by atoms with Crippen LogP contribution in [0.1, 0.15) is 44.5 Å². The molecule has 0 bridgehead atoms. The molecular weight excluding hydrogens is 253 g/mol. The number of rotatable bonds is 7. The number of halogens is 3. The molecule has 0 aliphatic heterocycles. The lowest BCUT2D eigenvalue weighted by Crippen LogP contribution is -2.32. The first kappa shape index (κ1) is 16.0. The van der Waals surface area contributed by atoms with Crippen LogP contribution in [0.15, 0.2) is 18.2 Å². The minimum absolute atomic E-state index is 0.195. The van der Waals surface area contributed by atoms with Crippen LogP contribution in [0.4, 0.5) is 13.2 Å². The first-order valence-electron chi connectivity index (χ1n) is 6.73. The molecule has 0 aromatic carbocycles. The molecule has 0 saturated heterocycles. The summed E-state index contributed by atoms with van der Waals surface area (Å²) in [4.78, 5) is 3.71. The predicted octanol–water partition coefficient (Wildman–Crippen LogP) is 3.81. The molecule has 1 aromatic rings. The van der Waals surface area contributed by atoms with Crippen molar-refractivity contribution in [2.45, 2.75) is 51.7 Å². The molecule has 0 aliphatic carbocycles. The highest BCUT2D eigenvalue weighted by atomic mass is 19.4. The van der Waals surface area contributed by atoms with Gasteiger partial charge in [0.2, 0.25) is 0 Å². The number of nitrogens with one attached hydrogen (secondary N) is 1. The van der Waals surface area contributed by atoms with Crippen molar-refractivity contribution in [3.8, 4) is 0 Å². The molecule has 108 valence electrons. The van der Waals surface area contributed by atoms with Crippen LogP contribution in [0.2, 0.25) is 0 Å². The van der Waals surface area contributed by atoms with Gasteiger partial charge in [-0.25, -0.2) is 4.98 Å². The van der Waals surface area contributed by atoms with E-state index >= 15 is 0 Å². The molecule has 1 aromatic heterocycles. The van der Waals surface area contributed by atoms with Gasteiger partial charge in [0.15, 0.2) is 0 Å². The molecule has 1 N–H and O–H groups in total. The Balaban J connectivity index is 2.73. The molecule has 0 saturated carbocycles. The van der Waals surface area contributed by atoms with Gasteiger partial charge in [0.1, 0.15) is 5.69 Å². The number of hydrogen-bond donors (Lipinski definition) is 1. The molecule has 0 radical (unpaired) electrons. The highest BCUT2D eigenvalue weighted by Gasteiger charge is 2.32. The fourth-order valence-corrected chi connectivity index (χ4v) is 1.98. The summed E-state index contributed by atoms with van der Waals surface area (Å²) in [7, 11) is 0. The second-order valence-electron chi connectivity index (χ2n) is 4.66. The standard InChI is InChI=1S/C14H21F3N2/c1-3-6-11(18-9-4-2)10-12-7-5-8-13(19-12)14(15,16)17/h5,7-8,11,18H,3-4,6,9-10H2,1-2H3. The molecule has 1 rings (SSSR count). The van der Waals surface area contributed by atoms with E-state index < -0.39 is 11.9 Å². The number of pyridine rings is 1. The van der Waals surface area contributed by atoms with E-state index in [4.69, 9.17) is 0 Å². The first-order chi connectivity index (χ1) is 8.97. The van der Waals surface area contributed by atoms with E-state index in [0.717, 1.165) is 31.9 Å². The molecule has 1 unspecified atom stereocenters. The van der Waals surface area contributed by atoms with Crippen molar-refractivity contribution in [3.63, 3.8) is 0 Å². The van der Waals surface area contributed by atoms with Gasteiger partial charge < -0.3 is 5.32 Å². The highest BCUT2D eigenvalue weighted by Crippen LogP contribution is 2.27. The number of aromatic nitrogens is 1. The Bertz CT molecular complexity index is 377. The summed E-state index contributed by atoms with van der Waals surface area (Å²) in [6.45, 7) is 5.02. The van der Waals surface area contributed by atoms with Crippen molar-refractivity contribution < 1.29 is 13.2 Å². The maximum Gasteiger partial charge on any atom is 0.433 e. The zero-order valence-corrected chi connectivity index (χ0v) is 11.4. The van der Waals surface area contributed by atoms with Crippen LogP contribution >= 0.6 is 0 Å². The van der Waals surface area contributed by atoms with Gasteiger partial charge in [0.25, 0.3) is 0 Å². The molecule has 5 heteroatoms. The minimum atomic E-state index is -4.37. The predicted molar refractivity (Wildman–Crippen MR) is 69.9 cm³/mol. The number of hydrogen-bond acceptors (Lipinski definition) is 2. The Morgan fingerprint density at radius 3 is 2.53 bits per heavy atom. The quantitative estimate of drug-likeness (QED) is 0.817. The molecule has 1 heterocycles. The molecular formula is C14H21F3N2. The van der Waals surface area contributed by atoms with Crippen molar-refractivity contribution >= 4 is 0 Å². The van der Waals surface area contributed by atoms with Crippen LogP contribution in [-0.4, -0.2) is 17.6 Å². The van der Waals surface area contributed by atoms with Crippen molar-refractivity contribution in [2.75, 3.05) is 6.54 Å². The van der Waals surface area contributed by atoms with Crippen LogP contribution in [0, 0.1) is 0 Å².